The highest BCUT2D eigenvalue weighted by atomic mass is 31.1. The van der Waals surface area contributed by atoms with E-state index in [1.54, 1.807) is 6.07 Å². The minimum Gasteiger partial charge on any atom is -0.478 e. The molecule has 0 amide bonds. The van der Waals surface area contributed by atoms with Crippen molar-refractivity contribution in [3.05, 3.63) is 78.4 Å². The Balaban J connectivity index is 2.36. The lowest BCUT2D eigenvalue weighted by molar-refractivity contribution is 0.0695. The number of hydrogen-bond donors (Lipinski definition) is 1. The highest BCUT2D eigenvalue weighted by molar-refractivity contribution is 7.17. The van der Waals surface area contributed by atoms with Crippen molar-refractivity contribution >= 4 is 14.7 Å². The summed E-state index contributed by atoms with van der Waals surface area (Å²) in [7, 11) is -1.58. The first-order valence-corrected chi connectivity index (χ1v) is 8.28. The van der Waals surface area contributed by atoms with E-state index in [1.165, 1.54) is 6.07 Å². The lowest BCUT2D eigenvalue weighted by Gasteiger charge is -2.16. The minimum absolute atomic E-state index is 0.00289. The Morgan fingerprint density at radius 1 is 0.833 bits per heavy atom. The van der Waals surface area contributed by atoms with Gasteiger partial charge in [0, 0.05) is 5.56 Å². The predicted molar refractivity (Wildman–Crippen MR) is 95.3 cm³/mol. The van der Waals surface area contributed by atoms with Gasteiger partial charge in [0.1, 0.15) is 11.3 Å². The fraction of sp³-hybridized carbons (Fsp3) is 0. The van der Waals surface area contributed by atoms with Gasteiger partial charge in [-0.15, -0.1) is 0 Å². The summed E-state index contributed by atoms with van der Waals surface area (Å²) >= 11 is 0. The number of benzene rings is 3. The molecule has 0 aliphatic rings. The maximum atomic E-state index is 11.6. The summed E-state index contributed by atoms with van der Waals surface area (Å²) in [6.07, 6.45) is 0. The SMILES string of the molecule is O=[PH2]Oc1c(C(=O)O)ccc(-c2ccccc2)c1-c1ccccc1. The first-order chi connectivity index (χ1) is 11.7. The van der Waals surface area contributed by atoms with E-state index in [0.717, 1.165) is 16.7 Å². The topological polar surface area (TPSA) is 63.6 Å². The molecule has 3 aromatic rings. The average molecular weight is 338 g/mol. The third kappa shape index (κ3) is 3.10. The molecule has 24 heavy (non-hydrogen) atoms. The van der Waals surface area contributed by atoms with Crippen LogP contribution >= 0.6 is 8.69 Å². The van der Waals surface area contributed by atoms with E-state index in [-0.39, 0.29) is 11.3 Å². The molecule has 0 heterocycles. The Morgan fingerprint density at radius 2 is 1.42 bits per heavy atom. The van der Waals surface area contributed by atoms with Crippen molar-refractivity contribution in [3.63, 3.8) is 0 Å². The predicted octanol–water partition coefficient (Wildman–Crippen LogP) is 4.77. The third-order valence-electron chi connectivity index (χ3n) is 3.70. The summed E-state index contributed by atoms with van der Waals surface area (Å²) in [4.78, 5) is 11.6. The van der Waals surface area contributed by atoms with E-state index >= 15 is 0 Å². The van der Waals surface area contributed by atoms with E-state index in [0.29, 0.717) is 5.56 Å². The lowest BCUT2D eigenvalue weighted by atomic mass is 9.91. The molecule has 5 heteroatoms. The molecule has 0 bridgehead atoms. The molecule has 1 atom stereocenters. The zero-order chi connectivity index (χ0) is 16.9. The molecule has 1 N–H and O–H groups in total. The van der Waals surface area contributed by atoms with Gasteiger partial charge in [-0.2, -0.15) is 0 Å². The molecule has 0 spiro atoms. The Labute approximate surface area is 140 Å². The van der Waals surface area contributed by atoms with Crippen LogP contribution < -0.4 is 4.52 Å². The van der Waals surface area contributed by atoms with Gasteiger partial charge in [-0.3, -0.25) is 4.57 Å². The van der Waals surface area contributed by atoms with Gasteiger partial charge in [0.25, 0.3) is 0 Å². The zero-order valence-corrected chi connectivity index (χ0v) is 13.8. The zero-order valence-electron chi connectivity index (χ0n) is 12.7. The molecule has 0 saturated carbocycles. The standard InChI is InChI=1S/C19H15O4P/c20-19(21)16-12-11-15(13-7-3-1-4-8-13)17(18(16)23-24-22)14-9-5-2-6-10-14/h1-12H,24H2,(H,20,21). The van der Waals surface area contributed by atoms with Crippen molar-refractivity contribution in [1.82, 2.24) is 0 Å². The molecule has 0 aliphatic carbocycles. The van der Waals surface area contributed by atoms with Crippen molar-refractivity contribution in [2.45, 2.75) is 0 Å². The van der Waals surface area contributed by atoms with Gasteiger partial charge in [-0.05, 0) is 22.8 Å². The van der Waals surface area contributed by atoms with Crippen LogP contribution in [0.4, 0.5) is 0 Å². The second-order valence-corrected chi connectivity index (χ2v) is 5.54. The summed E-state index contributed by atoms with van der Waals surface area (Å²) in [5.41, 5.74) is 3.19. The molecule has 3 aromatic carbocycles. The van der Waals surface area contributed by atoms with Crippen molar-refractivity contribution in [2.24, 2.45) is 0 Å². The maximum Gasteiger partial charge on any atom is 0.339 e. The van der Waals surface area contributed by atoms with Gasteiger partial charge in [0.05, 0.1) is 0 Å². The van der Waals surface area contributed by atoms with Crippen LogP contribution in [0.1, 0.15) is 10.4 Å². The van der Waals surface area contributed by atoms with Crippen LogP contribution in [0, 0.1) is 0 Å². The van der Waals surface area contributed by atoms with Crippen molar-refractivity contribution < 1.29 is 19.0 Å². The van der Waals surface area contributed by atoms with Gasteiger partial charge in [-0.1, -0.05) is 66.7 Å². The van der Waals surface area contributed by atoms with Gasteiger partial charge in [0.2, 0.25) is 8.69 Å². The Kier molecular flexibility index (Phi) is 4.78. The number of hydrogen-bond acceptors (Lipinski definition) is 3. The molecule has 0 radical (unpaired) electrons. The first-order valence-electron chi connectivity index (χ1n) is 7.34. The molecular formula is C19H15O4P. The number of carboxylic acids is 1. The number of aromatic carboxylic acids is 1. The van der Waals surface area contributed by atoms with Crippen molar-refractivity contribution in [2.75, 3.05) is 0 Å². The summed E-state index contributed by atoms with van der Waals surface area (Å²) < 4.78 is 16.5. The molecule has 3 rings (SSSR count). The largest absolute Gasteiger partial charge is 0.478 e. The van der Waals surface area contributed by atoms with Crippen LogP contribution in [0.3, 0.4) is 0 Å². The molecule has 0 saturated heterocycles. The van der Waals surface area contributed by atoms with Crippen LogP contribution in [0.2, 0.25) is 0 Å². The molecular weight excluding hydrogens is 323 g/mol. The fourth-order valence-corrected chi connectivity index (χ4v) is 3.01. The average Bonchev–Trinajstić information content (AvgIpc) is 2.63. The number of carboxylic acid groups (broad SMARTS) is 1. The van der Waals surface area contributed by atoms with Crippen LogP contribution in [-0.2, 0) is 4.57 Å². The smallest absolute Gasteiger partial charge is 0.339 e. The summed E-state index contributed by atoms with van der Waals surface area (Å²) in [6, 6.07) is 22.2. The quantitative estimate of drug-likeness (QED) is 0.681. The second kappa shape index (κ2) is 7.16. The number of rotatable bonds is 5. The Morgan fingerprint density at radius 3 is 1.96 bits per heavy atom. The molecule has 0 fully saturated rings. The maximum absolute atomic E-state index is 11.6. The highest BCUT2D eigenvalue weighted by Gasteiger charge is 2.21. The van der Waals surface area contributed by atoms with E-state index < -0.39 is 14.7 Å². The molecule has 0 aromatic heterocycles. The number of carbonyl (C=O) groups is 1. The summed E-state index contributed by atoms with van der Waals surface area (Å²) in [5.74, 6) is -0.977. The van der Waals surface area contributed by atoms with E-state index in [2.05, 4.69) is 0 Å². The van der Waals surface area contributed by atoms with E-state index in [1.807, 2.05) is 60.7 Å². The monoisotopic (exact) mass is 338 g/mol. The van der Waals surface area contributed by atoms with Crippen LogP contribution in [0.5, 0.6) is 5.75 Å². The second-order valence-electron chi connectivity index (χ2n) is 5.12. The van der Waals surface area contributed by atoms with E-state index in [4.69, 9.17) is 4.52 Å². The van der Waals surface area contributed by atoms with Crippen molar-refractivity contribution in [1.29, 1.82) is 0 Å². The molecule has 120 valence electrons. The lowest BCUT2D eigenvalue weighted by Crippen LogP contribution is -2.01. The first kappa shape index (κ1) is 16.0. The van der Waals surface area contributed by atoms with Gasteiger partial charge >= 0.3 is 5.97 Å². The minimum atomic E-state index is -1.58. The van der Waals surface area contributed by atoms with Crippen LogP contribution in [0.25, 0.3) is 22.3 Å². The fourth-order valence-electron chi connectivity index (χ4n) is 2.67. The van der Waals surface area contributed by atoms with Gasteiger partial charge in [0.15, 0.2) is 0 Å². The van der Waals surface area contributed by atoms with Gasteiger partial charge < -0.3 is 9.63 Å². The summed E-state index contributed by atoms with van der Waals surface area (Å²) in [6.45, 7) is 0. The molecule has 1 unspecified atom stereocenters. The Hall–Kier alpha value is -2.84. The molecule has 0 aliphatic heterocycles. The van der Waals surface area contributed by atoms with E-state index in [9.17, 15) is 14.5 Å². The highest BCUT2D eigenvalue weighted by Crippen LogP contribution is 2.42. The normalized spacial score (nSPS) is 10.8. The molecule has 4 nitrogen and oxygen atoms in total. The third-order valence-corrected chi connectivity index (χ3v) is 4.03. The van der Waals surface area contributed by atoms with Crippen LogP contribution in [-0.4, -0.2) is 11.1 Å². The van der Waals surface area contributed by atoms with Gasteiger partial charge in [-0.25, -0.2) is 4.79 Å². The van der Waals surface area contributed by atoms with Crippen molar-refractivity contribution in [3.8, 4) is 28.0 Å². The van der Waals surface area contributed by atoms with Crippen LogP contribution in [0.15, 0.2) is 72.8 Å². The summed E-state index contributed by atoms with van der Waals surface area (Å²) in [5, 5.41) is 9.45. The Bertz CT molecular complexity index is 877.